The Morgan fingerprint density at radius 2 is 2.04 bits per heavy atom. The second-order valence-corrected chi connectivity index (χ2v) is 7.91. The fourth-order valence-corrected chi connectivity index (χ4v) is 4.38. The second-order valence-electron chi connectivity index (χ2n) is 6.74. The summed E-state index contributed by atoms with van der Waals surface area (Å²) in [6, 6.07) is 11.9. The zero-order valence-corrected chi connectivity index (χ0v) is 16.2. The average Bonchev–Trinajstić information content (AvgIpc) is 3.19. The smallest absolute Gasteiger partial charge is 0.319 e. The highest BCUT2D eigenvalue weighted by molar-refractivity contribution is 8.00. The quantitative estimate of drug-likeness (QED) is 0.642. The van der Waals surface area contributed by atoms with Gasteiger partial charge in [-0.3, -0.25) is 14.3 Å². The van der Waals surface area contributed by atoms with Crippen molar-refractivity contribution in [1.82, 2.24) is 19.7 Å². The molecule has 0 radical (unpaired) electrons. The number of aryl methyl sites for hydroxylation is 2. The Bertz CT molecular complexity index is 987. The molecular weight excluding hydrogens is 360 g/mol. The van der Waals surface area contributed by atoms with E-state index in [1.807, 2.05) is 29.7 Å². The number of cyclic esters (lactones) is 1. The fourth-order valence-electron chi connectivity index (χ4n) is 3.22. The van der Waals surface area contributed by atoms with Crippen molar-refractivity contribution in [2.45, 2.75) is 43.7 Å². The summed E-state index contributed by atoms with van der Waals surface area (Å²) in [4.78, 5) is 16.5. The van der Waals surface area contributed by atoms with E-state index in [1.54, 1.807) is 6.20 Å². The molecule has 0 unspecified atom stereocenters. The lowest BCUT2D eigenvalue weighted by atomic mass is 10.1. The van der Waals surface area contributed by atoms with Crippen LogP contribution < -0.4 is 0 Å². The number of rotatable bonds is 4. The Hall–Kier alpha value is -2.67. The first-order valence-electron chi connectivity index (χ1n) is 8.84. The predicted octanol–water partition coefficient (Wildman–Crippen LogP) is 3.74. The van der Waals surface area contributed by atoms with Crippen molar-refractivity contribution >= 4 is 17.7 Å². The molecule has 138 valence electrons. The molecule has 0 amide bonds. The molecule has 3 aromatic rings. The fraction of sp³-hybridized carbons (Fsp3) is 0.300. The summed E-state index contributed by atoms with van der Waals surface area (Å²) < 4.78 is 7.28. The summed E-state index contributed by atoms with van der Waals surface area (Å²) in [6.45, 7) is 6.03. The molecule has 6 nitrogen and oxygen atoms in total. The molecule has 2 atom stereocenters. The lowest BCUT2D eigenvalue weighted by molar-refractivity contribution is -0.140. The van der Waals surface area contributed by atoms with Crippen molar-refractivity contribution in [2.75, 3.05) is 0 Å². The molecule has 1 fully saturated rings. The number of benzene rings is 1. The molecule has 1 aliphatic heterocycles. The SMILES string of the molecule is Cc1ccc(-n2c(S[C@H]3C[C@H](C)OC3=O)nnc2-c2ccccn2)c(C)c1. The van der Waals surface area contributed by atoms with Crippen molar-refractivity contribution in [1.29, 1.82) is 0 Å². The van der Waals surface area contributed by atoms with E-state index < -0.39 is 0 Å². The molecule has 3 heterocycles. The minimum Gasteiger partial charge on any atom is -0.462 e. The highest BCUT2D eigenvalue weighted by atomic mass is 32.2. The van der Waals surface area contributed by atoms with Crippen LogP contribution in [-0.4, -0.2) is 37.1 Å². The van der Waals surface area contributed by atoms with Crippen LogP contribution in [0.2, 0.25) is 0 Å². The zero-order valence-electron chi connectivity index (χ0n) is 15.4. The van der Waals surface area contributed by atoms with Crippen molar-refractivity contribution < 1.29 is 9.53 Å². The van der Waals surface area contributed by atoms with Crippen LogP contribution in [0.15, 0.2) is 47.8 Å². The van der Waals surface area contributed by atoms with Gasteiger partial charge in [0.05, 0.1) is 5.69 Å². The van der Waals surface area contributed by atoms with Gasteiger partial charge in [0, 0.05) is 12.6 Å². The van der Waals surface area contributed by atoms with Crippen LogP contribution in [0.3, 0.4) is 0 Å². The molecule has 7 heteroatoms. The number of nitrogens with zero attached hydrogens (tertiary/aromatic N) is 4. The summed E-state index contributed by atoms with van der Waals surface area (Å²) >= 11 is 1.40. The van der Waals surface area contributed by atoms with Gasteiger partial charge in [-0.25, -0.2) is 0 Å². The van der Waals surface area contributed by atoms with Crippen LogP contribution in [0.25, 0.3) is 17.2 Å². The highest BCUT2D eigenvalue weighted by Gasteiger charge is 2.34. The van der Waals surface area contributed by atoms with E-state index >= 15 is 0 Å². The predicted molar refractivity (Wildman–Crippen MR) is 104 cm³/mol. The molecule has 0 aliphatic carbocycles. The number of thioether (sulfide) groups is 1. The third kappa shape index (κ3) is 3.47. The first-order valence-corrected chi connectivity index (χ1v) is 9.72. The minimum atomic E-state index is -0.273. The van der Waals surface area contributed by atoms with Crippen LogP contribution in [0.4, 0.5) is 0 Å². The van der Waals surface area contributed by atoms with Gasteiger partial charge in [0.25, 0.3) is 0 Å². The van der Waals surface area contributed by atoms with Gasteiger partial charge in [0.2, 0.25) is 0 Å². The van der Waals surface area contributed by atoms with Gasteiger partial charge < -0.3 is 4.74 Å². The normalized spacial score (nSPS) is 19.3. The summed E-state index contributed by atoms with van der Waals surface area (Å²) in [5, 5.41) is 9.17. The minimum absolute atomic E-state index is 0.0669. The van der Waals surface area contributed by atoms with Crippen LogP contribution >= 0.6 is 11.8 Å². The third-order valence-corrected chi connectivity index (χ3v) is 5.64. The Labute approximate surface area is 162 Å². The van der Waals surface area contributed by atoms with Crippen LogP contribution in [0.5, 0.6) is 0 Å². The number of pyridine rings is 1. The first kappa shape index (κ1) is 17.7. The summed E-state index contributed by atoms with van der Waals surface area (Å²) in [7, 11) is 0. The van der Waals surface area contributed by atoms with Gasteiger partial charge in [0.15, 0.2) is 11.0 Å². The maximum absolute atomic E-state index is 12.1. The number of hydrogen-bond acceptors (Lipinski definition) is 6. The lowest BCUT2D eigenvalue weighted by Gasteiger charge is -2.14. The standard InChI is InChI=1S/C20H20N4O2S/c1-12-7-8-16(13(2)10-12)24-18(15-6-4-5-9-21-15)22-23-20(24)27-17-11-14(3)26-19(17)25/h4-10,14,17H,11H2,1-3H3/t14-,17-/m0/s1. The van der Waals surface area contributed by atoms with E-state index in [2.05, 4.69) is 47.2 Å². The number of esters is 1. The molecule has 27 heavy (non-hydrogen) atoms. The molecule has 0 spiro atoms. The molecule has 1 aliphatic rings. The van der Waals surface area contributed by atoms with Crippen molar-refractivity contribution in [3.8, 4) is 17.2 Å². The zero-order chi connectivity index (χ0) is 19.0. The van der Waals surface area contributed by atoms with Crippen LogP contribution in [-0.2, 0) is 9.53 Å². The van der Waals surface area contributed by atoms with Crippen molar-refractivity contribution in [2.24, 2.45) is 0 Å². The average molecular weight is 380 g/mol. The second kappa shape index (κ2) is 7.15. The van der Waals surface area contributed by atoms with Gasteiger partial charge in [0.1, 0.15) is 17.0 Å². The first-order chi connectivity index (χ1) is 13.0. The van der Waals surface area contributed by atoms with Crippen molar-refractivity contribution in [3.63, 3.8) is 0 Å². The number of carbonyl (C=O) groups excluding carboxylic acids is 1. The van der Waals surface area contributed by atoms with E-state index in [4.69, 9.17) is 4.74 Å². The molecule has 1 aromatic carbocycles. The summed E-state index contributed by atoms with van der Waals surface area (Å²) in [5.74, 6) is 0.464. The van der Waals surface area contributed by atoms with Crippen LogP contribution in [0.1, 0.15) is 24.5 Å². The monoisotopic (exact) mass is 380 g/mol. The van der Waals surface area contributed by atoms with Gasteiger partial charge >= 0.3 is 5.97 Å². The van der Waals surface area contributed by atoms with E-state index in [9.17, 15) is 4.79 Å². The number of ether oxygens (including phenoxy) is 1. The molecule has 1 saturated heterocycles. The summed E-state index contributed by atoms with van der Waals surface area (Å²) in [6.07, 6.45) is 2.34. The molecular formula is C20H20N4O2S. The lowest BCUT2D eigenvalue weighted by Crippen LogP contribution is -2.11. The molecule has 0 saturated carbocycles. The molecule has 2 aromatic heterocycles. The van der Waals surface area contributed by atoms with Crippen LogP contribution in [0, 0.1) is 13.8 Å². The topological polar surface area (TPSA) is 69.9 Å². The van der Waals surface area contributed by atoms with Crippen molar-refractivity contribution in [3.05, 3.63) is 53.7 Å². The maximum Gasteiger partial charge on any atom is 0.319 e. The van der Waals surface area contributed by atoms with Gasteiger partial charge in [-0.15, -0.1) is 10.2 Å². The number of carbonyl (C=O) groups is 1. The highest BCUT2D eigenvalue weighted by Crippen LogP contribution is 2.35. The summed E-state index contributed by atoms with van der Waals surface area (Å²) in [5.41, 5.74) is 4.01. The Morgan fingerprint density at radius 1 is 1.19 bits per heavy atom. The van der Waals surface area contributed by atoms with E-state index in [0.717, 1.165) is 16.9 Å². The van der Waals surface area contributed by atoms with Gasteiger partial charge in [-0.05, 0) is 44.5 Å². The molecule has 0 bridgehead atoms. The number of hydrogen-bond donors (Lipinski definition) is 0. The van der Waals surface area contributed by atoms with E-state index in [0.29, 0.717) is 17.4 Å². The van der Waals surface area contributed by atoms with Gasteiger partial charge in [-0.1, -0.05) is 35.5 Å². The molecule has 0 N–H and O–H groups in total. The van der Waals surface area contributed by atoms with E-state index in [1.165, 1.54) is 17.3 Å². The Morgan fingerprint density at radius 3 is 2.70 bits per heavy atom. The van der Waals surface area contributed by atoms with E-state index in [-0.39, 0.29) is 17.3 Å². The molecule has 4 rings (SSSR count). The van der Waals surface area contributed by atoms with Gasteiger partial charge in [-0.2, -0.15) is 0 Å². The Kier molecular flexibility index (Phi) is 4.70. The number of aromatic nitrogens is 4. The largest absolute Gasteiger partial charge is 0.462 e. The maximum atomic E-state index is 12.1. The Balaban J connectivity index is 1.82. The third-order valence-electron chi connectivity index (χ3n) is 4.49.